The first-order chi connectivity index (χ1) is 38.6. The van der Waals surface area contributed by atoms with Gasteiger partial charge in [0.1, 0.15) is 19.3 Å². The van der Waals surface area contributed by atoms with Crippen LogP contribution in [0.5, 0.6) is 0 Å². The van der Waals surface area contributed by atoms with E-state index >= 15 is 0 Å². The Hall–Kier alpha value is -1.94. The van der Waals surface area contributed by atoms with Crippen molar-refractivity contribution in [2.45, 2.75) is 311 Å². The molecule has 0 saturated heterocycles. The Kier molecular flexibility index (Phi) is 51.1. The molecular weight excluding hydrogens is 1080 g/mol. The Balaban J connectivity index is 5.24. The minimum atomic E-state index is -4.94. The molecule has 0 aromatic rings. The van der Waals surface area contributed by atoms with E-state index in [4.69, 9.17) is 37.0 Å². The SMILES string of the molecule is CC(C)CCCCCCCCCCCCC(=O)O[C@H](COC(=O)CCCCCCCCC(C)C)COP(=O)(O)OC[C@H](O)COP(=O)(O)OC[C@@H](COC(=O)CCCCCCCCCC(C)C)OC(=O)CCCCCCCCC(C)C. The Labute approximate surface area is 492 Å². The molecule has 480 valence electrons. The van der Waals surface area contributed by atoms with E-state index in [0.717, 1.165) is 109 Å². The molecule has 19 heteroatoms. The second kappa shape index (κ2) is 52.4. The zero-order valence-electron chi connectivity index (χ0n) is 52.4. The van der Waals surface area contributed by atoms with E-state index in [1.807, 2.05) is 0 Å². The zero-order chi connectivity index (χ0) is 60.4. The quantitative estimate of drug-likeness (QED) is 0.0222. The molecule has 0 spiro atoms. The maximum absolute atomic E-state index is 12.9. The van der Waals surface area contributed by atoms with Crippen LogP contribution in [0.25, 0.3) is 0 Å². The van der Waals surface area contributed by atoms with Crippen LogP contribution in [0.1, 0.15) is 293 Å². The van der Waals surface area contributed by atoms with E-state index in [-0.39, 0.29) is 25.7 Å². The van der Waals surface area contributed by atoms with Crippen molar-refractivity contribution in [3.05, 3.63) is 0 Å². The average molecular weight is 1200 g/mol. The van der Waals surface area contributed by atoms with Crippen LogP contribution in [0.15, 0.2) is 0 Å². The third kappa shape index (κ3) is 56.9. The summed E-state index contributed by atoms with van der Waals surface area (Å²) in [5, 5.41) is 10.5. The molecule has 3 N–H and O–H groups in total. The molecule has 0 aromatic carbocycles. The molecule has 0 aliphatic heterocycles. The highest BCUT2D eigenvalue weighted by Crippen LogP contribution is 2.45. The topological polar surface area (TPSA) is 237 Å². The highest BCUT2D eigenvalue weighted by molar-refractivity contribution is 7.47. The van der Waals surface area contributed by atoms with Crippen molar-refractivity contribution in [2.24, 2.45) is 23.7 Å². The van der Waals surface area contributed by atoms with Crippen LogP contribution in [-0.2, 0) is 65.4 Å². The number of unbranched alkanes of at least 4 members (excludes halogenated alkanes) is 25. The summed E-state index contributed by atoms with van der Waals surface area (Å²) in [6.45, 7) is 13.8. The highest BCUT2D eigenvalue weighted by Gasteiger charge is 2.30. The first-order valence-corrected chi connectivity index (χ1v) is 35.2. The van der Waals surface area contributed by atoms with Crippen LogP contribution in [0.3, 0.4) is 0 Å². The van der Waals surface area contributed by atoms with Crippen LogP contribution in [-0.4, -0.2) is 96.7 Å². The van der Waals surface area contributed by atoms with Crippen molar-refractivity contribution in [2.75, 3.05) is 39.6 Å². The van der Waals surface area contributed by atoms with Crippen molar-refractivity contribution >= 4 is 39.5 Å². The van der Waals surface area contributed by atoms with Crippen molar-refractivity contribution in [3.8, 4) is 0 Å². The van der Waals surface area contributed by atoms with Gasteiger partial charge >= 0.3 is 39.5 Å². The lowest BCUT2D eigenvalue weighted by Gasteiger charge is -2.21. The van der Waals surface area contributed by atoms with Crippen molar-refractivity contribution in [1.29, 1.82) is 0 Å². The summed E-state index contributed by atoms with van der Waals surface area (Å²) in [6, 6.07) is 0. The molecule has 0 aliphatic rings. The molecule has 2 unspecified atom stereocenters. The maximum Gasteiger partial charge on any atom is 0.472 e. The van der Waals surface area contributed by atoms with Gasteiger partial charge in [-0.25, -0.2) is 9.13 Å². The minimum absolute atomic E-state index is 0.100. The maximum atomic E-state index is 12.9. The van der Waals surface area contributed by atoms with Crippen LogP contribution in [0.2, 0.25) is 0 Å². The number of rotatable bonds is 59. The number of phosphoric ester groups is 2. The zero-order valence-corrected chi connectivity index (χ0v) is 54.2. The van der Waals surface area contributed by atoms with Gasteiger partial charge in [-0.05, 0) is 49.4 Å². The lowest BCUT2D eigenvalue weighted by atomic mass is 10.0. The average Bonchev–Trinajstić information content (AvgIpc) is 3.40. The molecular formula is C62H120O17P2. The Morgan fingerprint density at radius 3 is 0.765 bits per heavy atom. The predicted molar refractivity (Wildman–Crippen MR) is 321 cm³/mol. The third-order valence-electron chi connectivity index (χ3n) is 14.1. The van der Waals surface area contributed by atoms with Crippen molar-refractivity contribution < 1.29 is 80.2 Å². The van der Waals surface area contributed by atoms with Crippen LogP contribution >= 0.6 is 15.6 Å². The van der Waals surface area contributed by atoms with Crippen LogP contribution in [0.4, 0.5) is 0 Å². The predicted octanol–water partition coefficient (Wildman–Crippen LogP) is 16.6. The standard InChI is InChI=1S/C62H120O17P2/c1-52(2)38-30-22-14-11-9-10-12-16-28-36-44-61(66)78-57(49-73-60(65)43-35-27-20-18-24-32-40-54(5)6)50-76-80(68,69)74-46-56(63)47-75-81(70,71)77-51-58(79-62(67)45-37-29-21-19-25-33-41-55(7)8)48-72-59(64)42-34-26-17-13-15-23-31-39-53(3)4/h52-58,63H,9-51H2,1-8H3,(H,68,69)(H,70,71)/t56-,57+,58+/m0/s1. The fourth-order valence-electron chi connectivity index (χ4n) is 9.08. The molecule has 0 aliphatic carbocycles. The molecule has 81 heavy (non-hydrogen) atoms. The lowest BCUT2D eigenvalue weighted by Crippen LogP contribution is -2.30. The van der Waals surface area contributed by atoms with Crippen LogP contribution in [0, 0.1) is 23.7 Å². The fourth-order valence-corrected chi connectivity index (χ4v) is 10.7. The van der Waals surface area contributed by atoms with Gasteiger partial charge in [-0.1, -0.05) is 242 Å². The fraction of sp³-hybridized carbons (Fsp3) is 0.935. The van der Waals surface area contributed by atoms with E-state index in [2.05, 4.69) is 55.4 Å². The Bertz CT molecular complexity index is 1630. The minimum Gasteiger partial charge on any atom is -0.462 e. The van der Waals surface area contributed by atoms with Crippen LogP contribution < -0.4 is 0 Å². The van der Waals surface area contributed by atoms with Gasteiger partial charge in [0.2, 0.25) is 0 Å². The lowest BCUT2D eigenvalue weighted by molar-refractivity contribution is -0.161. The molecule has 0 heterocycles. The molecule has 17 nitrogen and oxygen atoms in total. The number of esters is 4. The summed E-state index contributed by atoms with van der Waals surface area (Å²) < 4.78 is 67.8. The van der Waals surface area contributed by atoms with E-state index < -0.39 is 97.5 Å². The molecule has 0 saturated carbocycles. The van der Waals surface area contributed by atoms with Crippen molar-refractivity contribution in [1.82, 2.24) is 0 Å². The molecule has 0 rings (SSSR count). The normalized spacial score (nSPS) is 14.5. The van der Waals surface area contributed by atoms with Gasteiger partial charge in [-0.2, -0.15) is 0 Å². The second-order valence-electron chi connectivity index (χ2n) is 24.3. The van der Waals surface area contributed by atoms with E-state index in [1.54, 1.807) is 0 Å². The Morgan fingerprint density at radius 1 is 0.309 bits per heavy atom. The van der Waals surface area contributed by atoms with E-state index in [1.165, 1.54) is 83.5 Å². The summed E-state index contributed by atoms with van der Waals surface area (Å²) in [6.07, 6.45) is 31.1. The van der Waals surface area contributed by atoms with Gasteiger partial charge in [0.05, 0.1) is 26.4 Å². The first kappa shape index (κ1) is 79.1. The number of aliphatic hydroxyl groups is 1. The number of carbonyl (C=O) groups excluding carboxylic acids is 4. The largest absolute Gasteiger partial charge is 0.472 e. The van der Waals surface area contributed by atoms with Gasteiger partial charge in [0.25, 0.3) is 0 Å². The van der Waals surface area contributed by atoms with Gasteiger partial charge in [-0.3, -0.25) is 37.3 Å². The Morgan fingerprint density at radius 2 is 0.519 bits per heavy atom. The number of carbonyl (C=O) groups is 4. The number of ether oxygens (including phenoxy) is 4. The third-order valence-corrected chi connectivity index (χ3v) is 16.0. The van der Waals surface area contributed by atoms with Gasteiger partial charge in [0, 0.05) is 25.7 Å². The summed E-state index contributed by atoms with van der Waals surface area (Å²) in [7, 11) is -9.88. The molecule has 0 bridgehead atoms. The number of phosphoric acid groups is 2. The molecule has 5 atom stereocenters. The molecule has 0 radical (unpaired) electrons. The number of aliphatic hydroxyl groups excluding tert-OH is 1. The number of hydrogen-bond donors (Lipinski definition) is 3. The van der Waals surface area contributed by atoms with Gasteiger partial charge in [0.15, 0.2) is 12.2 Å². The molecule has 0 aromatic heterocycles. The smallest absolute Gasteiger partial charge is 0.462 e. The van der Waals surface area contributed by atoms with Gasteiger partial charge < -0.3 is 33.8 Å². The monoisotopic (exact) mass is 1200 g/mol. The highest BCUT2D eigenvalue weighted by atomic mass is 31.2. The summed E-state index contributed by atoms with van der Waals surface area (Å²) >= 11 is 0. The van der Waals surface area contributed by atoms with E-state index in [9.17, 15) is 43.2 Å². The first-order valence-electron chi connectivity index (χ1n) is 32.2. The van der Waals surface area contributed by atoms with Crippen molar-refractivity contribution in [3.63, 3.8) is 0 Å². The van der Waals surface area contributed by atoms with Gasteiger partial charge in [-0.15, -0.1) is 0 Å². The molecule has 0 fully saturated rings. The summed E-state index contributed by atoms with van der Waals surface area (Å²) in [5.74, 6) is 0.658. The summed E-state index contributed by atoms with van der Waals surface area (Å²) in [4.78, 5) is 72.0. The number of hydrogen-bond acceptors (Lipinski definition) is 15. The second-order valence-corrected chi connectivity index (χ2v) is 27.3. The summed E-state index contributed by atoms with van der Waals surface area (Å²) in [5.41, 5.74) is 0. The molecule has 0 amide bonds. The van der Waals surface area contributed by atoms with E-state index in [0.29, 0.717) is 43.4 Å².